The molecule has 0 fully saturated rings. The van der Waals surface area contributed by atoms with Crippen LogP contribution in [0.4, 0.5) is 0 Å². The molecular weight excluding hydrogens is 1270 g/mol. The van der Waals surface area contributed by atoms with Crippen LogP contribution in [0, 0.1) is 11.8 Å². The van der Waals surface area contributed by atoms with Gasteiger partial charge in [0.05, 0.1) is 31.3 Å². The summed E-state index contributed by atoms with van der Waals surface area (Å²) in [5, 5.41) is 41.4. The predicted molar refractivity (Wildman–Crippen MR) is 358 cm³/mol. The third kappa shape index (κ3) is 25.9. The first-order chi connectivity index (χ1) is 45.8. The first kappa shape index (κ1) is 79.4. The second-order valence-electron chi connectivity index (χ2n) is 24.0. The van der Waals surface area contributed by atoms with Crippen molar-refractivity contribution in [2.75, 3.05) is 33.8 Å². The van der Waals surface area contributed by atoms with Crippen LogP contribution < -0.4 is 59.3 Å². The van der Waals surface area contributed by atoms with Gasteiger partial charge < -0.3 is 79.3 Å². The lowest BCUT2D eigenvalue weighted by Crippen LogP contribution is -2.61. The molecule has 0 aliphatic heterocycles. The maximum Gasteiger partial charge on any atom is 0.336 e. The van der Waals surface area contributed by atoms with Gasteiger partial charge in [-0.3, -0.25) is 62.3 Å². The number of hydrogen-bond acceptors (Lipinski definition) is 17. The third-order valence-electron chi connectivity index (χ3n) is 15.3. The summed E-state index contributed by atoms with van der Waals surface area (Å²) in [7, 11) is 2.53. The normalized spacial score (nSPS) is 14.1. The van der Waals surface area contributed by atoms with Crippen LogP contribution in [0.15, 0.2) is 120 Å². The molecule has 0 radical (unpaired) electrons. The zero-order chi connectivity index (χ0) is 72.2. The van der Waals surface area contributed by atoms with Crippen molar-refractivity contribution in [3.63, 3.8) is 0 Å². The fourth-order valence-electron chi connectivity index (χ4n) is 9.72. The Morgan fingerprint density at radius 1 is 0.485 bits per heavy atom. The van der Waals surface area contributed by atoms with E-state index in [2.05, 4.69) is 47.9 Å². The highest BCUT2D eigenvalue weighted by molar-refractivity contribution is 8.13. The van der Waals surface area contributed by atoms with Gasteiger partial charge in [-0.05, 0) is 74.3 Å². The van der Waals surface area contributed by atoms with Crippen molar-refractivity contribution in [2.24, 2.45) is 23.3 Å². The molecule has 0 saturated heterocycles. The average Bonchev–Trinajstić information content (AvgIpc) is 0.883. The number of amides is 12. The maximum atomic E-state index is 14.7. The quantitative estimate of drug-likeness (QED) is 0.0240. The molecule has 0 saturated carbocycles. The highest BCUT2D eigenvalue weighted by atomic mass is 32.2. The molecular formula is C67H89N13O16S. The number of nitrogens with zero attached hydrogens (tertiary/aromatic N) is 2. The lowest BCUT2D eigenvalue weighted by molar-refractivity contribution is -0.143. The Labute approximate surface area is 566 Å². The van der Waals surface area contributed by atoms with Gasteiger partial charge in [0, 0.05) is 38.3 Å². The van der Waals surface area contributed by atoms with E-state index in [0.717, 1.165) is 17.5 Å². The zero-order valence-electron chi connectivity index (χ0n) is 55.6. The smallest absolute Gasteiger partial charge is 0.336 e. The van der Waals surface area contributed by atoms with E-state index in [1.165, 1.54) is 57.0 Å². The van der Waals surface area contributed by atoms with Crippen LogP contribution in [0.3, 0.4) is 0 Å². The number of thioether (sulfide) groups is 1. The number of primary amides is 1. The Bertz CT molecular complexity index is 3420. The number of nitrogens with two attached hydrogens (primary N) is 2. The van der Waals surface area contributed by atoms with E-state index in [0.29, 0.717) is 22.9 Å². The van der Waals surface area contributed by atoms with Gasteiger partial charge in [0.1, 0.15) is 54.4 Å². The lowest BCUT2D eigenvalue weighted by Gasteiger charge is -2.31. The van der Waals surface area contributed by atoms with Crippen molar-refractivity contribution in [1.29, 1.82) is 0 Å². The van der Waals surface area contributed by atoms with Gasteiger partial charge >= 0.3 is 5.97 Å². The molecule has 97 heavy (non-hydrogen) atoms. The summed E-state index contributed by atoms with van der Waals surface area (Å²) in [6.07, 6.45) is -0.772. The van der Waals surface area contributed by atoms with E-state index in [1.807, 2.05) is 30.3 Å². The number of carboxylic acid groups (broad SMARTS) is 1. The molecule has 524 valence electrons. The molecule has 10 atom stereocenters. The molecule has 15 N–H and O–H groups in total. The van der Waals surface area contributed by atoms with Crippen LogP contribution in [-0.2, 0) is 81.6 Å². The van der Waals surface area contributed by atoms with Gasteiger partial charge in [0.2, 0.25) is 70.9 Å². The number of benzene rings is 4. The van der Waals surface area contributed by atoms with Crippen LogP contribution in [-0.4, -0.2) is 196 Å². The first-order valence-corrected chi connectivity index (χ1v) is 32.1. The van der Waals surface area contributed by atoms with Crippen LogP contribution in [0.25, 0.3) is 0 Å². The Morgan fingerprint density at radius 3 is 1.54 bits per heavy atom. The Morgan fingerprint density at radius 2 is 0.990 bits per heavy atom. The molecule has 0 unspecified atom stereocenters. The second kappa shape index (κ2) is 39.1. The van der Waals surface area contributed by atoms with Gasteiger partial charge in [-0.1, -0.05) is 143 Å². The van der Waals surface area contributed by atoms with Crippen molar-refractivity contribution in [2.45, 2.75) is 146 Å². The minimum atomic E-state index is -1.82. The summed E-state index contributed by atoms with van der Waals surface area (Å²) < 4.78 is 0. The first-order valence-electron chi connectivity index (χ1n) is 31.3. The molecule has 0 bridgehead atoms. The highest BCUT2D eigenvalue weighted by Gasteiger charge is 2.38. The number of carbonyl (C=O) groups excluding carboxylic acids is 13. The van der Waals surface area contributed by atoms with E-state index in [-0.39, 0.29) is 42.1 Å². The van der Waals surface area contributed by atoms with E-state index < -0.39 is 174 Å². The monoisotopic (exact) mass is 1360 g/mol. The van der Waals surface area contributed by atoms with Gasteiger partial charge in [-0.25, -0.2) is 4.79 Å². The predicted octanol–water partition coefficient (Wildman–Crippen LogP) is -1.03. The molecule has 0 aliphatic rings. The van der Waals surface area contributed by atoms with E-state index >= 15 is 0 Å². The number of carbonyl (C=O) groups is 14. The zero-order valence-corrected chi connectivity index (χ0v) is 56.4. The molecule has 4 aromatic rings. The molecule has 12 amide bonds. The van der Waals surface area contributed by atoms with Crippen LogP contribution in [0.2, 0.25) is 0 Å². The maximum absolute atomic E-state index is 14.7. The van der Waals surface area contributed by atoms with E-state index in [1.54, 1.807) is 88.4 Å². The summed E-state index contributed by atoms with van der Waals surface area (Å²) in [4.78, 5) is 192. The highest BCUT2D eigenvalue weighted by Crippen LogP contribution is 2.26. The fraction of sp³-hybridized carbons (Fsp3) is 0.433. The summed E-state index contributed by atoms with van der Waals surface area (Å²) in [5.41, 5.74) is 13.0. The second-order valence-corrected chi connectivity index (χ2v) is 25.1. The van der Waals surface area contributed by atoms with Crippen molar-refractivity contribution in [3.05, 3.63) is 138 Å². The van der Waals surface area contributed by atoms with Crippen molar-refractivity contribution < 1.29 is 77.3 Å². The number of aliphatic hydroxyl groups excluding tert-OH is 1. The number of carboxylic acids is 1. The largest absolute Gasteiger partial charge is 0.478 e. The summed E-state index contributed by atoms with van der Waals surface area (Å²) >= 11 is 0.457. The number of nitrogens with one attached hydrogen (secondary N) is 9. The molecule has 29 nitrogen and oxygen atoms in total. The fourth-order valence-corrected chi connectivity index (χ4v) is 10.6. The third-order valence-corrected chi connectivity index (χ3v) is 16.3. The summed E-state index contributed by atoms with van der Waals surface area (Å²) in [5.74, 6) is -12.6. The molecule has 0 aliphatic carbocycles. The van der Waals surface area contributed by atoms with Gasteiger partial charge in [0.25, 0.3) is 0 Å². The molecule has 0 heterocycles. The molecule has 0 spiro atoms. The van der Waals surface area contributed by atoms with Gasteiger partial charge in [-0.15, -0.1) is 0 Å². The standard InChI is InChI=1S/C67H89N13O16S/c1-37(2)29-47(74-54(83)35-71-63(91)51(32-44-25-17-12-18-26-44)80(9)65(93)40(6)73-59(87)46(68)30-42-21-13-10-14-22-42)61(89)72-39(5)57(85)78-56(38(3)4)64(92)75-48(31-43-23-15-11-16-24-43)62(90)76-49(33-55(84)97-52-28-20-19-27-45(52)67(95)96)66(94)79(8)41(7)58(86)77-50(36-81)60(88)70-34-53(69)82/h10-28,37-41,46-51,56,81H,29-36,68H2,1-9H3,(H2,69,82)(H,70,88)(H,71,91)(H,72,89)(H,73,87)(H,74,83)(H,75,92)(H,76,90)(H,77,86)(H,78,85)(H,95,96)/t39-,40-,41-,46-,47-,48-,49-,50-,51-,56-/m0/s1. The number of hydrogen-bond donors (Lipinski definition) is 13. The molecule has 4 rings (SSSR count). The topological polar surface area (TPSA) is 446 Å². The van der Waals surface area contributed by atoms with E-state index in [4.69, 9.17) is 11.5 Å². The van der Waals surface area contributed by atoms with E-state index in [9.17, 15) is 77.3 Å². The van der Waals surface area contributed by atoms with Crippen molar-refractivity contribution in [1.82, 2.24) is 57.7 Å². The van der Waals surface area contributed by atoms with Crippen LogP contribution >= 0.6 is 11.8 Å². The molecule has 0 aromatic heterocycles. The summed E-state index contributed by atoms with van der Waals surface area (Å²) in [6, 6.07) is 17.9. The Hall–Kier alpha value is -10.1. The van der Waals surface area contributed by atoms with Crippen molar-refractivity contribution >= 4 is 93.7 Å². The Balaban J connectivity index is 1.51. The Kier molecular flexibility index (Phi) is 32.0. The molecule has 4 aromatic carbocycles. The number of rotatable bonds is 37. The number of aliphatic hydroxyl groups is 1. The average molecular weight is 1360 g/mol. The van der Waals surface area contributed by atoms with Crippen molar-refractivity contribution in [3.8, 4) is 0 Å². The number of likely N-dealkylation sites (N-methyl/N-ethyl adjacent to an activating group) is 2. The lowest BCUT2D eigenvalue weighted by atomic mass is 10.00. The van der Waals surface area contributed by atoms with Gasteiger partial charge in [-0.2, -0.15) is 0 Å². The number of aromatic carboxylic acids is 1. The summed E-state index contributed by atoms with van der Waals surface area (Å²) in [6.45, 7) is 8.53. The SMILES string of the molecule is CC(C)C[C@H](NC(=O)CNC(=O)[C@H](Cc1ccccc1)N(C)C(=O)[C@H](C)NC(=O)[C@@H](N)Cc1ccccc1)C(=O)N[C@@H](C)C(=O)N[C@H](C(=O)N[C@@H](Cc1ccccc1)C(=O)N[C@@H](CC(=O)Sc1ccccc1C(=O)O)C(=O)N(C)[C@@H](C)C(=O)N[C@@H](CO)C(=O)NCC(N)=O)C(C)C. The van der Waals surface area contributed by atoms with Crippen LogP contribution in [0.1, 0.15) is 88.4 Å². The molecule has 30 heteroatoms. The van der Waals surface area contributed by atoms with Gasteiger partial charge in [0.15, 0.2) is 5.12 Å². The minimum absolute atomic E-state index is 0.00319. The van der Waals surface area contributed by atoms with Crippen LogP contribution in [0.5, 0.6) is 0 Å². The minimum Gasteiger partial charge on any atom is -0.478 e.